The number of anilines is 2. The number of nitrogens with one attached hydrogen (secondary N) is 1. The van der Waals surface area contributed by atoms with Crippen molar-refractivity contribution in [1.82, 2.24) is 14.9 Å². The third-order valence-electron chi connectivity index (χ3n) is 5.32. The lowest BCUT2D eigenvalue weighted by atomic mass is 10.1. The van der Waals surface area contributed by atoms with E-state index in [2.05, 4.69) is 53.5 Å². The summed E-state index contributed by atoms with van der Waals surface area (Å²) in [4.78, 5) is 14.1. The summed E-state index contributed by atoms with van der Waals surface area (Å²) in [5, 5.41) is 4.51. The molecule has 0 radical (unpaired) electrons. The molecular weight excluding hydrogens is 374 g/mol. The Hall–Kier alpha value is -2.86. The second kappa shape index (κ2) is 9.76. The highest BCUT2D eigenvalue weighted by molar-refractivity contribution is 5.90. The molecule has 6 nitrogen and oxygen atoms in total. The normalized spacial score (nSPS) is 14.3. The molecule has 1 aliphatic heterocycles. The average molecular weight is 406 g/mol. The highest BCUT2D eigenvalue weighted by Gasteiger charge is 2.16. The molecule has 1 fully saturated rings. The number of aromatic nitrogens is 2. The first-order valence-electron chi connectivity index (χ1n) is 10.8. The number of ether oxygens (including phenoxy) is 1. The highest BCUT2D eigenvalue weighted by atomic mass is 16.5. The lowest BCUT2D eigenvalue weighted by Crippen LogP contribution is -2.31. The monoisotopic (exact) mass is 405 g/mol. The number of fused-ring (bicyclic) bond motifs is 1. The maximum absolute atomic E-state index is 5.92. The molecule has 0 spiro atoms. The van der Waals surface area contributed by atoms with Gasteiger partial charge in [0.2, 0.25) is 5.95 Å². The Morgan fingerprint density at radius 3 is 2.50 bits per heavy atom. The van der Waals surface area contributed by atoms with Crippen molar-refractivity contribution in [2.24, 2.45) is 0 Å². The summed E-state index contributed by atoms with van der Waals surface area (Å²) in [7, 11) is 4.15. The summed E-state index contributed by atoms with van der Waals surface area (Å²) >= 11 is 0. The van der Waals surface area contributed by atoms with Crippen molar-refractivity contribution < 1.29 is 4.74 Å². The molecule has 2 heterocycles. The van der Waals surface area contributed by atoms with E-state index in [1.807, 2.05) is 24.3 Å². The van der Waals surface area contributed by atoms with E-state index in [0.717, 1.165) is 48.1 Å². The first kappa shape index (κ1) is 20.4. The molecule has 2 aromatic carbocycles. The third kappa shape index (κ3) is 5.19. The first-order valence-corrected chi connectivity index (χ1v) is 10.8. The zero-order chi connectivity index (χ0) is 20.8. The number of rotatable bonds is 8. The number of para-hydroxylation sites is 1. The van der Waals surface area contributed by atoms with E-state index >= 15 is 0 Å². The van der Waals surface area contributed by atoms with Gasteiger partial charge in [-0.3, -0.25) is 0 Å². The summed E-state index contributed by atoms with van der Waals surface area (Å²) in [6.07, 6.45) is 3.71. The molecule has 1 aliphatic rings. The third-order valence-corrected chi connectivity index (χ3v) is 5.32. The Kier molecular flexibility index (Phi) is 6.64. The number of benzene rings is 2. The molecule has 0 unspecified atom stereocenters. The van der Waals surface area contributed by atoms with Gasteiger partial charge in [0, 0.05) is 25.0 Å². The molecule has 4 rings (SSSR count). The van der Waals surface area contributed by atoms with Crippen LogP contribution in [0.25, 0.3) is 10.9 Å². The van der Waals surface area contributed by atoms with E-state index in [1.165, 1.54) is 24.8 Å². The molecular formula is C24H31N5O. The van der Waals surface area contributed by atoms with Gasteiger partial charge < -0.3 is 19.9 Å². The zero-order valence-electron chi connectivity index (χ0n) is 18.0. The van der Waals surface area contributed by atoms with Crippen molar-refractivity contribution in [2.75, 3.05) is 50.6 Å². The van der Waals surface area contributed by atoms with Gasteiger partial charge in [-0.25, -0.2) is 4.98 Å². The van der Waals surface area contributed by atoms with Gasteiger partial charge in [0.05, 0.1) is 12.1 Å². The van der Waals surface area contributed by atoms with Crippen LogP contribution in [0, 0.1) is 0 Å². The Balaban J connectivity index is 1.39. The van der Waals surface area contributed by atoms with Crippen molar-refractivity contribution >= 4 is 22.7 Å². The Labute approximate surface area is 178 Å². The van der Waals surface area contributed by atoms with E-state index in [0.29, 0.717) is 13.2 Å². The van der Waals surface area contributed by atoms with Crippen LogP contribution in [0.3, 0.4) is 0 Å². The molecule has 0 amide bonds. The fourth-order valence-electron chi connectivity index (χ4n) is 3.83. The van der Waals surface area contributed by atoms with Gasteiger partial charge in [-0.2, -0.15) is 4.98 Å². The van der Waals surface area contributed by atoms with Crippen LogP contribution in [-0.4, -0.2) is 55.2 Å². The zero-order valence-corrected chi connectivity index (χ0v) is 18.0. The topological polar surface area (TPSA) is 53.5 Å². The molecule has 0 aliphatic carbocycles. The highest BCUT2D eigenvalue weighted by Crippen LogP contribution is 2.25. The van der Waals surface area contributed by atoms with Gasteiger partial charge in [0.15, 0.2) is 0 Å². The minimum absolute atomic E-state index is 0.574. The van der Waals surface area contributed by atoms with Crippen molar-refractivity contribution in [1.29, 1.82) is 0 Å². The molecule has 1 aromatic heterocycles. The number of nitrogens with zero attached hydrogens (tertiary/aromatic N) is 4. The van der Waals surface area contributed by atoms with Crippen molar-refractivity contribution in [3.63, 3.8) is 0 Å². The number of piperidine rings is 1. The summed E-state index contributed by atoms with van der Waals surface area (Å²) in [6.45, 7) is 4.25. The molecule has 1 saturated heterocycles. The largest absolute Gasteiger partial charge is 0.492 e. The van der Waals surface area contributed by atoms with Crippen molar-refractivity contribution in [2.45, 2.75) is 25.8 Å². The summed E-state index contributed by atoms with van der Waals surface area (Å²) in [5.41, 5.74) is 2.26. The van der Waals surface area contributed by atoms with Gasteiger partial charge in [-0.05, 0) is 63.2 Å². The summed E-state index contributed by atoms with van der Waals surface area (Å²) in [5.74, 6) is 2.60. The molecule has 30 heavy (non-hydrogen) atoms. The van der Waals surface area contributed by atoms with Crippen molar-refractivity contribution in [3.8, 4) is 5.75 Å². The number of hydrogen-bond acceptors (Lipinski definition) is 6. The Bertz CT molecular complexity index is 951. The molecule has 6 heteroatoms. The second-order valence-electron chi connectivity index (χ2n) is 8.09. The van der Waals surface area contributed by atoms with Crippen LogP contribution in [-0.2, 0) is 6.54 Å². The summed E-state index contributed by atoms with van der Waals surface area (Å²) in [6, 6.07) is 16.5. The Morgan fingerprint density at radius 2 is 1.73 bits per heavy atom. The molecule has 0 bridgehead atoms. The standard InChI is InChI=1S/C24H31N5O/c1-28(2)18-19-10-12-20(13-11-19)30-17-14-25-23-21-8-4-5-9-22(21)26-24(27-23)29-15-6-3-7-16-29/h4-5,8-13H,3,6-7,14-18H2,1-2H3,(H,25,26,27). The van der Waals surface area contributed by atoms with Crippen LogP contribution < -0.4 is 15.0 Å². The second-order valence-corrected chi connectivity index (χ2v) is 8.09. The van der Waals surface area contributed by atoms with Crippen LogP contribution in [0.2, 0.25) is 0 Å². The smallest absolute Gasteiger partial charge is 0.227 e. The van der Waals surface area contributed by atoms with E-state index in [-0.39, 0.29) is 0 Å². The minimum Gasteiger partial charge on any atom is -0.492 e. The van der Waals surface area contributed by atoms with E-state index in [1.54, 1.807) is 0 Å². The van der Waals surface area contributed by atoms with Gasteiger partial charge in [-0.15, -0.1) is 0 Å². The SMILES string of the molecule is CN(C)Cc1ccc(OCCNc2nc(N3CCCCC3)nc3ccccc23)cc1. The fourth-order valence-corrected chi connectivity index (χ4v) is 3.83. The molecule has 0 atom stereocenters. The van der Waals surface area contributed by atoms with Crippen molar-refractivity contribution in [3.05, 3.63) is 54.1 Å². The van der Waals surface area contributed by atoms with Crippen LogP contribution in [0.5, 0.6) is 5.75 Å². The van der Waals surface area contributed by atoms with Gasteiger partial charge in [0.1, 0.15) is 18.2 Å². The van der Waals surface area contributed by atoms with Gasteiger partial charge in [0.25, 0.3) is 0 Å². The van der Waals surface area contributed by atoms with Crippen LogP contribution in [0.15, 0.2) is 48.5 Å². The predicted octanol–water partition coefficient (Wildman–Crippen LogP) is 4.17. The predicted molar refractivity (Wildman–Crippen MR) is 123 cm³/mol. The maximum atomic E-state index is 5.92. The number of hydrogen-bond donors (Lipinski definition) is 1. The average Bonchev–Trinajstić information content (AvgIpc) is 2.78. The van der Waals surface area contributed by atoms with Crippen LogP contribution in [0.4, 0.5) is 11.8 Å². The molecule has 158 valence electrons. The molecule has 0 saturated carbocycles. The van der Waals surface area contributed by atoms with E-state index in [9.17, 15) is 0 Å². The van der Waals surface area contributed by atoms with E-state index in [4.69, 9.17) is 14.7 Å². The molecule has 1 N–H and O–H groups in total. The molecule has 3 aromatic rings. The van der Waals surface area contributed by atoms with Crippen LogP contribution in [0.1, 0.15) is 24.8 Å². The van der Waals surface area contributed by atoms with E-state index < -0.39 is 0 Å². The van der Waals surface area contributed by atoms with Gasteiger partial charge >= 0.3 is 0 Å². The minimum atomic E-state index is 0.574. The lowest BCUT2D eigenvalue weighted by molar-refractivity contribution is 0.332. The lowest BCUT2D eigenvalue weighted by Gasteiger charge is -2.27. The first-order chi connectivity index (χ1) is 14.7. The van der Waals surface area contributed by atoms with Crippen LogP contribution >= 0.6 is 0 Å². The maximum Gasteiger partial charge on any atom is 0.227 e. The van der Waals surface area contributed by atoms with Gasteiger partial charge in [-0.1, -0.05) is 24.3 Å². The summed E-state index contributed by atoms with van der Waals surface area (Å²) < 4.78 is 5.92. The fraction of sp³-hybridized carbons (Fsp3) is 0.417. The Morgan fingerprint density at radius 1 is 0.967 bits per heavy atom. The quantitative estimate of drug-likeness (QED) is 0.568.